The Balaban J connectivity index is 2.06. The first-order chi connectivity index (χ1) is 10.0. The van der Waals surface area contributed by atoms with Gasteiger partial charge in [-0.15, -0.1) is 11.3 Å². The Morgan fingerprint density at radius 2 is 2.00 bits per heavy atom. The topological polar surface area (TPSA) is 66.4 Å². The summed E-state index contributed by atoms with van der Waals surface area (Å²) in [6, 6.07) is 10.7. The van der Waals surface area contributed by atoms with Gasteiger partial charge >= 0.3 is 5.97 Å². The van der Waals surface area contributed by atoms with Crippen LogP contribution in [0.3, 0.4) is 0 Å². The molecule has 108 valence electrons. The lowest BCUT2D eigenvalue weighted by Gasteiger charge is -2.07. The largest absolute Gasteiger partial charge is 0.481 e. The summed E-state index contributed by atoms with van der Waals surface area (Å²) in [6.07, 6.45) is 3.01. The van der Waals surface area contributed by atoms with Crippen molar-refractivity contribution in [2.24, 2.45) is 0 Å². The second-order valence-electron chi connectivity index (χ2n) is 4.19. The van der Waals surface area contributed by atoms with E-state index >= 15 is 0 Å². The van der Waals surface area contributed by atoms with Crippen LogP contribution in [0.15, 0.2) is 46.3 Å². The fourth-order valence-electron chi connectivity index (χ4n) is 1.71. The van der Waals surface area contributed by atoms with Crippen LogP contribution >= 0.6 is 27.3 Å². The van der Waals surface area contributed by atoms with Gasteiger partial charge in [0, 0.05) is 16.6 Å². The number of carbonyl (C=O) groups excluding carboxylic acids is 1. The molecule has 1 aromatic carbocycles. The van der Waals surface area contributed by atoms with Crippen molar-refractivity contribution in [3.8, 4) is 0 Å². The number of carboxylic acids is 1. The zero-order chi connectivity index (χ0) is 15.2. The number of halogens is 1. The number of nitrogens with one attached hydrogen (secondary N) is 1. The monoisotopic (exact) mass is 365 g/mol. The summed E-state index contributed by atoms with van der Waals surface area (Å²) in [5, 5.41) is 11.5. The summed E-state index contributed by atoms with van der Waals surface area (Å²) < 4.78 is 0.995. The number of carbonyl (C=O) groups is 2. The van der Waals surface area contributed by atoms with Gasteiger partial charge in [0.2, 0.25) is 5.91 Å². The highest BCUT2D eigenvalue weighted by molar-refractivity contribution is 9.11. The molecule has 21 heavy (non-hydrogen) atoms. The maximum Gasteiger partial charge on any atom is 0.307 e. The van der Waals surface area contributed by atoms with Gasteiger partial charge in [-0.1, -0.05) is 18.2 Å². The number of para-hydroxylation sites is 1. The van der Waals surface area contributed by atoms with Crippen molar-refractivity contribution in [2.75, 3.05) is 5.32 Å². The van der Waals surface area contributed by atoms with Crippen molar-refractivity contribution >= 4 is 50.9 Å². The molecule has 0 aliphatic rings. The molecule has 6 heteroatoms. The van der Waals surface area contributed by atoms with E-state index in [2.05, 4.69) is 21.2 Å². The highest BCUT2D eigenvalue weighted by Crippen LogP contribution is 2.23. The Hall–Kier alpha value is -1.92. The zero-order valence-electron chi connectivity index (χ0n) is 10.9. The van der Waals surface area contributed by atoms with E-state index in [1.54, 1.807) is 30.3 Å². The molecular weight excluding hydrogens is 354 g/mol. The van der Waals surface area contributed by atoms with Crippen LogP contribution in [0, 0.1) is 0 Å². The first kappa shape index (κ1) is 15.5. The first-order valence-electron chi connectivity index (χ1n) is 6.08. The summed E-state index contributed by atoms with van der Waals surface area (Å²) in [4.78, 5) is 23.6. The minimum Gasteiger partial charge on any atom is -0.481 e. The van der Waals surface area contributed by atoms with Crippen LogP contribution in [-0.4, -0.2) is 17.0 Å². The quantitative estimate of drug-likeness (QED) is 0.792. The van der Waals surface area contributed by atoms with E-state index in [0.29, 0.717) is 11.3 Å². The lowest BCUT2D eigenvalue weighted by molar-refractivity contribution is -0.136. The van der Waals surface area contributed by atoms with Crippen molar-refractivity contribution in [3.05, 3.63) is 56.7 Å². The SMILES string of the molecule is O=C(O)Cc1ccccc1NC(=O)C=Cc1ccc(Br)s1. The molecule has 0 saturated heterocycles. The van der Waals surface area contributed by atoms with Gasteiger partial charge < -0.3 is 10.4 Å². The van der Waals surface area contributed by atoms with Gasteiger partial charge in [-0.3, -0.25) is 9.59 Å². The van der Waals surface area contributed by atoms with Crippen molar-refractivity contribution < 1.29 is 14.7 Å². The van der Waals surface area contributed by atoms with Crippen molar-refractivity contribution in [1.29, 1.82) is 0 Å². The highest BCUT2D eigenvalue weighted by atomic mass is 79.9. The molecule has 2 N–H and O–H groups in total. The van der Waals surface area contributed by atoms with Gasteiger partial charge in [0.25, 0.3) is 0 Å². The van der Waals surface area contributed by atoms with Crippen LogP contribution in [0.5, 0.6) is 0 Å². The van der Waals surface area contributed by atoms with E-state index in [4.69, 9.17) is 5.11 Å². The standard InChI is InChI=1S/C15H12BrNO3S/c16-13-7-5-11(21-13)6-8-14(18)17-12-4-2-1-3-10(12)9-15(19)20/h1-8H,9H2,(H,17,18)(H,19,20). The molecule has 0 saturated carbocycles. The van der Waals surface area contributed by atoms with Crippen molar-refractivity contribution in [1.82, 2.24) is 0 Å². The molecule has 1 aromatic heterocycles. The maximum absolute atomic E-state index is 11.9. The van der Waals surface area contributed by atoms with Gasteiger partial charge in [0.15, 0.2) is 0 Å². The number of thiophene rings is 1. The molecule has 0 aliphatic carbocycles. The third kappa shape index (κ3) is 4.84. The van der Waals surface area contributed by atoms with E-state index in [1.165, 1.54) is 17.4 Å². The Kier molecular flexibility index (Phi) is 5.30. The van der Waals surface area contributed by atoms with Crippen LogP contribution in [-0.2, 0) is 16.0 Å². The number of hydrogen-bond acceptors (Lipinski definition) is 3. The first-order valence-corrected chi connectivity index (χ1v) is 7.69. The van der Waals surface area contributed by atoms with Crippen LogP contribution < -0.4 is 5.32 Å². The molecule has 1 heterocycles. The number of rotatable bonds is 5. The second-order valence-corrected chi connectivity index (χ2v) is 6.69. The Labute approximate surface area is 134 Å². The summed E-state index contributed by atoms with van der Waals surface area (Å²) in [5.41, 5.74) is 1.09. The number of benzene rings is 1. The van der Waals surface area contributed by atoms with Crippen LogP contribution in [0.1, 0.15) is 10.4 Å². The predicted molar refractivity (Wildman–Crippen MR) is 87.5 cm³/mol. The maximum atomic E-state index is 11.9. The number of carboxylic acid groups (broad SMARTS) is 1. The number of hydrogen-bond donors (Lipinski definition) is 2. The lowest BCUT2D eigenvalue weighted by Crippen LogP contribution is -2.11. The molecule has 1 amide bonds. The molecule has 0 fully saturated rings. The molecule has 4 nitrogen and oxygen atoms in total. The number of anilines is 1. The van der Waals surface area contributed by atoms with Crippen LogP contribution in [0.2, 0.25) is 0 Å². The summed E-state index contributed by atoms with van der Waals surface area (Å²) in [5.74, 6) is -1.23. The Bertz CT molecular complexity index is 694. The normalized spacial score (nSPS) is 10.7. The predicted octanol–water partition coefficient (Wildman–Crippen LogP) is 3.79. The van der Waals surface area contributed by atoms with Gasteiger partial charge in [-0.2, -0.15) is 0 Å². The lowest BCUT2D eigenvalue weighted by atomic mass is 10.1. The number of aliphatic carboxylic acids is 1. The molecule has 0 unspecified atom stereocenters. The number of amides is 1. The fraction of sp³-hybridized carbons (Fsp3) is 0.0667. The smallest absolute Gasteiger partial charge is 0.307 e. The van der Waals surface area contributed by atoms with Crippen molar-refractivity contribution in [2.45, 2.75) is 6.42 Å². The van der Waals surface area contributed by atoms with Crippen molar-refractivity contribution in [3.63, 3.8) is 0 Å². The Morgan fingerprint density at radius 3 is 2.67 bits per heavy atom. The highest BCUT2D eigenvalue weighted by Gasteiger charge is 2.07. The zero-order valence-corrected chi connectivity index (χ0v) is 13.3. The molecule has 0 radical (unpaired) electrons. The molecule has 2 rings (SSSR count). The average molecular weight is 366 g/mol. The Morgan fingerprint density at radius 1 is 1.24 bits per heavy atom. The van der Waals surface area contributed by atoms with Gasteiger partial charge in [-0.25, -0.2) is 0 Å². The molecule has 2 aromatic rings. The molecule has 0 aliphatic heterocycles. The minimum atomic E-state index is -0.935. The van der Waals surface area contributed by atoms with Gasteiger partial charge in [0.1, 0.15) is 0 Å². The van der Waals surface area contributed by atoms with Gasteiger partial charge in [0.05, 0.1) is 10.2 Å². The van der Waals surface area contributed by atoms with E-state index in [9.17, 15) is 9.59 Å². The molecular formula is C15H12BrNO3S. The summed E-state index contributed by atoms with van der Waals surface area (Å²) in [7, 11) is 0. The van der Waals surface area contributed by atoms with E-state index in [0.717, 1.165) is 8.66 Å². The minimum absolute atomic E-state index is 0.127. The van der Waals surface area contributed by atoms with Gasteiger partial charge in [-0.05, 0) is 45.8 Å². The van der Waals surface area contributed by atoms with E-state index < -0.39 is 5.97 Å². The second kappa shape index (κ2) is 7.19. The van der Waals surface area contributed by atoms with Crippen LogP contribution in [0.4, 0.5) is 5.69 Å². The molecule has 0 bridgehead atoms. The summed E-state index contributed by atoms with van der Waals surface area (Å²) >= 11 is 4.87. The molecule has 0 atom stereocenters. The fourth-order valence-corrected chi connectivity index (χ4v) is 3.04. The third-order valence-corrected chi connectivity index (χ3v) is 4.20. The van der Waals surface area contributed by atoms with E-state index in [-0.39, 0.29) is 12.3 Å². The molecule has 0 spiro atoms. The summed E-state index contributed by atoms with van der Waals surface area (Å²) in [6.45, 7) is 0. The van der Waals surface area contributed by atoms with E-state index in [1.807, 2.05) is 12.1 Å². The average Bonchev–Trinajstić information content (AvgIpc) is 2.84. The third-order valence-electron chi connectivity index (χ3n) is 2.61. The van der Waals surface area contributed by atoms with Crippen LogP contribution in [0.25, 0.3) is 6.08 Å².